The molecule has 2 aromatic rings. The van der Waals surface area contributed by atoms with Crippen molar-refractivity contribution in [2.24, 2.45) is 7.05 Å². The highest BCUT2D eigenvalue weighted by atomic mass is 35.5. The molecule has 0 spiro atoms. The number of hydrogen-bond donors (Lipinski definition) is 0. The number of aryl methyl sites for hydroxylation is 1. The van der Waals surface area contributed by atoms with Crippen LogP contribution < -0.4 is 8.92 Å². The van der Waals surface area contributed by atoms with Gasteiger partial charge in [0, 0.05) is 12.6 Å². The number of methoxy groups -OCH3 is 1. The number of ether oxygens (including phenoxy) is 1. The van der Waals surface area contributed by atoms with Crippen LogP contribution in [0.2, 0.25) is 5.15 Å². The molecule has 0 atom stereocenters. The Labute approximate surface area is 132 Å². The van der Waals surface area contributed by atoms with E-state index in [9.17, 15) is 13.2 Å². The number of ketones is 1. The lowest BCUT2D eigenvalue weighted by Crippen LogP contribution is -2.12. The zero-order valence-corrected chi connectivity index (χ0v) is 13.6. The average Bonchev–Trinajstić information content (AvgIpc) is 2.79. The lowest BCUT2D eigenvalue weighted by Gasteiger charge is -2.10. The highest BCUT2D eigenvalue weighted by Gasteiger charge is 2.26. The Morgan fingerprint density at radius 2 is 2.00 bits per heavy atom. The largest absolute Gasteiger partial charge is 0.493 e. The molecule has 0 fully saturated rings. The van der Waals surface area contributed by atoms with Crippen LogP contribution in [0.15, 0.2) is 29.6 Å². The van der Waals surface area contributed by atoms with Crippen LogP contribution in [-0.4, -0.2) is 30.9 Å². The first-order chi connectivity index (χ1) is 10.3. The van der Waals surface area contributed by atoms with Gasteiger partial charge in [0.15, 0.2) is 22.4 Å². The van der Waals surface area contributed by atoms with Gasteiger partial charge in [-0.3, -0.25) is 4.79 Å². The molecule has 22 heavy (non-hydrogen) atoms. The number of imidazole rings is 1. The smallest absolute Gasteiger partial charge is 0.360 e. The number of aromatic nitrogens is 2. The maximum Gasteiger partial charge on any atom is 0.360 e. The van der Waals surface area contributed by atoms with Crippen molar-refractivity contribution in [2.45, 2.75) is 11.9 Å². The lowest BCUT2D eigenvalue weighted by molar-refractivity contribution is 0.101. The molecular formula is C13H13ClN2O5S. The summed E-state index contributed by atoms with van der Waals surface area (Å²) in [5.41, 5.74) is 0.373. The van der Waals surface area contributed by atoms with Crippen molar-refractivity contribution < 1.29 is 22.1 Å². The monoisotopic (exact) mass is 344 g/mol. The van der Waals surface area contributed by atoms with Gasteiger partial charge in [-0.1, -0.05) is 11.6 Å². The van der Waals surface area contributed by atoms with Crippen LogP contribution >= 0.6 is 11.6 Å². The second-order valence-corrected chi connectivity index (χ2v) is 6.23. The van der Waals surface area contributed by atoms with Crippen molar-refractivity contribution in [1.82, 2.24) is 9.55 Å². The molecule has 1 aromatic heterocycles. The van der Waals surface area contributed by atoms with E-state index in [1.807, 2.05) is 0 Å². The van der Waals surface area contributed by atoms with Crippen molar-refractivity contribution in [2.75, 3.05) is 7.11 Å². The van der Waals surface area contributed by atoms with Gasteiger partial charge in [0.05, 0.1) is 13.4 Å². The minimum atomic E-state index is -4.22. The van der Waals surface area contributed by atoms with Gasteiger partial charge in [-0.25, -0.2) is 4.98 Å². The van der Waals surface area contributed by atoms with E-state index in [1.54, 1.807) is 7.05 Å². The van der Waals surface area contributed by atoms with Crippen molar-refractivity contribution in [1.29, 1.82) is 0 Å². The summed E-state index contributed by atoms with van der Waals surface area (Å²) in [5.74, 6) is -0.127. The molecular weight excluding hydrogens is 332 g/mol. The number of Topliss-reactive ketones (excluding diaryl/α,β-unsaturated/α-hetero) is 1. The first-order valence-electron chi connectivity index (χ1n) is 6.06. The van der Waals surface area contributed by atoms with Crippen molar-refractivity contribution in [3.05, 3.63) is 35.2 Å². The zero-order valence-electron chi connectivity index (χ0n) is 12.0. The summed E-state index contributed by atoms with van der Waals surface area (Å²) >= 11 is 5.87. The van der Waals surface area contributed by atoms with Crippen LogP contribution in [0, 0.1) is 0 Å². The molecule has 0 bridgehead atoms. The Morgan fingerprint density at radius 1 is 1.32 bits per heavy atom. The number of halogens is 1. The molecule has 9 heteroatoms. The number of benzene rings is 1. The second kappa shape index (κ2) is 5.98. The van der Waals surface area contributed by atoms with Gasteiger partial charge in [0.1, 0.15) is 0 Å². The second-order valence-electron chi connectivity index (χ2n) is 4.41. The maximum absolute atomic E-state index is 12.2. The Morgan fingerprint density at radius 3 is 2.50 bits per heavy atom. The third-order valence-corrected chi connectivity index (χ3v) is 4.57. The third-order valence-electron chi connectivity index (χ3n) is 2.84. The van der Waals surface area contributed by atoms with Crippen LogP contribution in [0.25, 0.3) is 0 Å². The van der Waals surface area contributed by atoms with E-state index in [0.29, 0.717) is 5.56 Å². The molecule has 0 aliphatic carbocycles. The van der Waals surface area contributed by atoms with Gasteiger partial charge >= 0.3 is 10.1 Å². The van der Waals surface area contributed by atoms with Crippen LogP contribution in [0.5, 0.6) is 11.5 Å². The Bertz CT molecular complexity index is 829. The van der Waals surface area contributed by atoms with E-state index < -0.39 is 15.1 Å². The first kappa shape index (κ1) is 16.3. The molecule has 0 N–H and O–H groups in total. The van der Waals surface area contributed by atoms with Gasteiger partial charge in [-0.2, -0.15) is 8.42 Å². The lowest BCUT2D eigenvalue weighted by atomic mass is 10.1. The van der Waals surface area contributed by atoms with Crippen LogP contribution in [0.1, 0.15) is 17.3 Å². The first-order valence-corrected chi connectivity index (χ1v) is 7.85. The summed E-state index contributed by atoms with van der Waals surface area (Å²) in [6.07, 6.45) is 1.26. The van der Waals surface area contributed by atoms with Gasteiger partial charge in [0.25, 0.3) is 0 Å². The van der Waals surface area contributed by atoms with Crippen molar-refractivity contribution in [3.63, 3.8) is 0 Å². The normalized spacial score (nSPS) is 11.3. The van der Waals surface area contributed by atoms with E-state index >= 15 is 0 Å². The third kappa shape index (κ3) is 3.07. The van der Waals surface area contributed by atoms with Gasteiger partial charge in [-0.15, -0.1) is 0 Å². The summed E-state index contributed by atoms with van der Waals surface area (Å²) in [7, 11) is -1.33. The fraction of sp³-hybridized carbons (Fsp3) is 0.231. The fourth-order valence-electron chi connectivity index (χ4n) is 1.67. The highest BCUT2D eigenvalue weighted by molar-refractivity contribution is 7.87. The minimum absolute atomic E-state index is 0.0609. The average molecular weight is 345 g/mol. The highest BCUT2D eigenvalue weighted by Crippen LogP contribution is 2.31. The molecule has 0 aliphatic heterocycles. The summed E-state index contributed by atoms with van der Waals surface area (Å²) in [6, 6.07) is 4.17. The van der Waals surface area contributed by atoms with E-state index in [4.69, 9.17) is 20.5 Å². The molecule has 0 saturated heterocycles. The number of nitrogens with zero attached hydrogens (tertiary/aromatic N) is 2. The molecule has 0 aliphatic rings. The summed E-state index contributed by atoms with van der Waals surface area (Å²) in [6.45, 7) is 1.39. The molecule has 1 aromatic carbocycles. The molecule has 0 unspecified atom stereocenters. The van der Waals surface area contributed by atoms with Crippen LogP contribution in [0.4, 0.5) is 0 Å². The Balaban J connectivity index is 2.42. The maximum atomic E-state index is 12.2. The van der Waals surface area contributed by atoms with Crippen LogP contribution in [0.3, 0.4) is 0 Å². The topological polar surface area (TPSA) is 87.5 Å². The van der Waals surface area contributed by atoms with Gasteiger partial charge in [0.2, 0.25) is 5.03 Å². The van der Waals surface area contributed by atoms with E-state index in [0.717, 1.165) is 0 Å². The van der Waals surface area contributed by atoms with E-state index in [2.05, 4.69) is 4.98 Å². The van der Waals surface area contributed by atoms with E-state index in [-0.39, 0.29) is 22.4 Å². The molecule has 0 radical (unpaired) electrons. The van der Waals surface area contributed by atoms with Gasteiger partial charge in [-0.05, 0) is 25.1 Å². The van der Waals surface area contributed by atoms with Crippen LogP contribution in [-0.2, 0) is 17.2 Å². The Hall–Kier alpha value is -2.06. The minimum Gasteiger partial charge on any atom is -0.493 e. The molecule has 0 amide bonds. The summed E-state index contributed by atoms with van der Waals surface area (Å²) < 4.78 is 35.8. The van der Waals surface area contributed by atoms with E-state index in [1.165, 1.54) is 43.1 Å². The summed E-state index contributed by atoms with van der Waals surface area (Å²) in [5, 5.41) is -0.464. The predicted molar refractivity (Wildman–Crippen MR) is 79.0 cm³/mol. The standard InChI is InChI=1S/C13H13ClN2O5S/c1-8(17)9-4-5-10(11(6-9)20-3)21-22(18,19)13-12(14)16(2)7-15-13/h4-7H,1-3H3. The van der Waals surface area contributed by atoms with Gasteiger partial charge < -0.3 is 13.5 Å². The SMILES string of the molecule is COc1cc(C(C)=O)ccc1OS(=O)(=O)c1ncn(C)c1Cl. The molecule has 7 nitrogen and oxygen atoms in total. The molecule has 0 saturated carbocycles. The number of hydrogen-bond acceptors (Lipinski definition) is 6. The van der Waals surface area contributed by atoms with Crippen molar-refractivity contribution >= 4 is 27.5 Å². The fourth-order valence-corrected chi connectivity index (χ4v) is 3.03. The van der Waals surface area contributed by atoms with Crippen molar-refractivity contribution in [3.8, 4) is 11.5 Å². The summed E-state index contributed by atoms with van der Waals surface area (Å²) in [4.78, 5) is 15.0. The molecule has 118 valence electrons. The Kier molecular flexibility index (Phi) is 4.43. The zero-order chi connectivity index (χ0) is 16.5. The quantitative estimate of drug-likeness (QED) is 0.609. The number of carbonyl (C=O) groups is 1. The predicted octanol–water partition coefficient (Wildman–Crippen LogP) is 2.05. The molecule has 2 rings (SSSR count). The molecule has 1 heterocycles. The number of rotatable bonds is 5. The number of carbonyl (C=O) groups excluding carboxylic acids is 1.